The van der Waals surface area contributed by atoms with E-state index in [4.69, 9.17) is 0 Å². The zero-order valence-corrected chi connectivity index (χ0v) is 15.3. The fourth-order valence-electron chi connectivity index (χ4n) is 3.21. The predicted molar refractivity (Wildman–Crippen MR) is 90.5 cm³/mol. The lowest BCUT2D eigenvalue weighted by atomic mass is 9.87. The summed E-state index contributed by atoms with van der Waals surface area (Å²) in [5, 5.41) is 0. The molecule has 1 aromatic rings. The lowest BCUT2D eigenvalue weighted by Gasteiger charge is -2.33. The van der Waals surface area contributed by atoms with Crippen LogP contribution in [-0.2, 0) is 4.79 Å². The van der Waals surface area contributed by atoms with Crippen molar-refractivity contribution < 1.29 is 27.1 Å². The molecule has 0 saturated carbocycles. The highest BCUT2D eigenvalue weighted by Gasteiger charge is 2.33. The number of alkyl halides is 3. The highest BCUT2D eigenvalue weighted by molar-refractivity contribution is 5.87. The molecule has 1 atom stereocenters. The summed E-state index contributed by atoms with van der Waals surface area (Å²) in [5.74, 6) is -2.23. The second-order valence-electron chi connectivity index (χ2n) is 7.33. The van der Waals surface area contributed by atoms with Gasteiger partial charge in [0.2, 0.25) is 0 Å². The maximum Gasteiger partial charge on any atom is 0.573 e. The van der Waals surface area contributed by atoms with Gasteiger partial charge in [-0.15, -0.1) is 13.2 Å². The Morgan fingerprint density at radius 2 is 1.88 bits per heavy atom. The van der Waals surface area contributed by atoms with Crippen molar-refractivity contribution in [2.24, 2.45) is 11.8 Å². The molecule has 0 bridgehead atoms. The number of carbonyl (C=O) groups is 1. The Hall–Kier alpha value is -1.63. The van der Waals surface area contributed by atoms with Gasteiger partial charge < -0.3 is 9.64 Å². The van der Waals surface area contributed by atoms with Gasteiger partial charge in [-0.3, -0.25) is 4.79 Å². The summed E-state index contributed by atoms with van der Waals surface area (Å²) in [5.41, 5.74) is 0.384. The third-order valence-electron chi connectivity index (χ3n) is 4.81. The van der Waals surface area contributed by atoms with Crippen molar-refractivity contribution in [3.63, 3.8) is 0 Å². The molecule has 1 aliphatic heterocycles. The maximum atomic E-state index is 14.1. The minimum atomic E-state index is -4.96. The molecule has 3 nitrogen and oxygen atoms in total. The van der Waals surface area contributed by atoms with Crippen LogP contribution in [0.5, 0.6) is 5.75 Å². The monoisotopic (exact) mass is 375 g/mol. The van der Waals surface area contributed by atoms with E-state index >= 15 is 0 Å². The van der Waals surface area contributed by atoms with Crippen LogP contribution >= 0.6 is 0 Å². The second-order valence-corrected chi connectivity index (χ2v) is 7.33. The molecule has 1 aromatic carbocycles. The number of benzene rings is 1. The molecule has 0 aliphatic carbocycles. The van der Waals surface area contributed by atoms with E-state index in [1.54, 1.807) is 13.8 Å². The smallest absolute Gasteiger partial charge is 0.403 e. The molecule has 0 N–H and O–H groups in total. The number of halogens is 4. The fraction of sp³-hybridized carbons (Fsp3) is 0.632. The standard InChI is InChI=1S/C19H25F4NO2/c1-12(2)18(25)15(11-24-8-6-13(3)7-9-24)14-4-5-17(16(20)10-14)26-19(21,22)23/h4-5,10,12-13,15H,6-9,11H2,1-3H3/t15-/m0/s1. The van der Waals surface area contributed by atoms with Gasteiger partial charge in [0.05, 0.1) is 5.92 Å². The van der Waals surface area contributed by atoms with E-state index in [1.165, 1.54) is 6.07 Å². The second kappa shape index (κ2) is 8.37. The molecule has 0 aromatic heterocycles. The normalized spacial score (nSPS) is 18.2. The molecule has 0 unspecified atom stereocenters. The topological polar surface area (TPSA) is 29.5 Å². The van der Waals surface area contributed by atoms with Crippen molar-refractivity contribution in [1.29, 1.82) is 0 Å². The number of nitrogens with zero attached hydrogens (tertiary/aromatic N) is 1. The quantitative estimate of drug-likeness (QED) is 0.671. The molecule has 0 amide bonds. The molecular weight excluding hydrogens is 350 g/mol. The summed E-state index contributed by atoms with van der Waals surface area (Å²) in [6.45, 7) is 7.89. The first-order chi connectivity index (χ1) is 12.1. The number of ketones is 1. The molecule has 26 heavy (non-hydrogen) atoms. The van der Waals surface area contributed by atoms with Gasteiger partial charge in [0, 0.05) is 12.5 Å². The van der Waals surface area contributed by atoms with Gasteiger partial charge in [0.15, 0.2) is 11.6 Å². The van der Waals surface area contributed by atoms with Crippen molar-refractivity contribution >= 4 is 5.78 Å². The number of Topliss-reactive ketones (excluding diaryl/α,β-unsaturated/α-hetero) is 1. The van der Waals surface area contributed by atoms with Crippen LogP contribution in [0.2, 0.25) is 0 Å². The summed E-state index contributed by atoms with van der Waals surface area (Å²) in [7, 11) is 0. The van der Waals surface area contributed by atoms with Crippen molar-refractivity contribution in [3.8, 4) is 5.75 Å². The predicted octanol–water partition coefficient (Wildman–Crippen LogP) is 4.76. The molecule has 1 aliphatic rings. The summed E-state index contributed by atoms with van der Waals surface area (Å²) in [6.07, 6.45) is -2.88. The van der Waals surface area contributed by atoms with Crippen LogP contribution in [0.3, 0.4) is 0 Å². The molecule has 0 spiro atoms. The molecule has 7 heteroatoms. The van der Waals surface area contributed by atoms with Crippen LogP contribution < -0.4 is 4.74 Å². The van der Waals surface area contributed by atoms with Crippen LogP contribution in [0.1, 0.15) is 45.1 Å². The number of piperidine rings is 1. The molecule has 1 fully saturated rings. The SMILES string of the molecule is CC1CCN(C[C@H](C(=O)C(C)C)c2ccc(OC(F)(F)F)c(F)c2)CC1. The van der Waals surface area contributed by atoms with E-state index in [-0.39, 0.29) is 11.7 Å². The van der Waals surface area contributed by atoms with Crippen molar-refractivity contribution in [3.05, 3.63) is 29.6 Å². The minimum absolute atomic E-state index is 0.0486. The first kappa shape index (κ1) is 20.7. The van der Waals surface area contributed by atoms with Crippen molar-refractivity contribution in [2.45, 2.75) is 45.9 Å². The molecule has 2 rings (SSSR count). The average molecular weight is 375 g/mol. The minimum Gasteiger partial charge on any atom is -0.403 e. The Balaban J connectivity index is 2.22. The lowest BCUT2D eigenvalue weighted by molar-refractivity contribution is -0.275. The fourth-order valence-corrected chi connectivity index (χ4v) is 3.21. The molecule has 146 valence electrons. The third kappa shape index (κ3) is 5.69. The molecular formula is C19H25F4NO2. The zero-order chi connectivity index (χ0) is 19.5. The molecule has 0 radical (unpaired) electrons. The van der Waals surface area contributed by atoms with Gasteiger partial charge >= 0.3 is 6.36 Å². The maximum absolute atomic E-state index is 14.1. The Morgan fingerprint density at radius 1 is 1.27 bits per heavy atom. The van der Waals surface area contributed by atoms with E-state index in [2.05, 4.69) is 16.6 Å². The van der Waals surface area contributed by atoms with Crippen LogP contribution in [0.15, 0.2) is 18.2 Å². The Kier molecular flexibility index (Phi) is 6.66. The highest BCUT2D eigenvalue weighted by atomic mass is 19.4. The number of likely N-dealkylation sites (tertiary alicyclic amines) is 1. The number of rotatable bonds is 6. The van der Waals surface area contributed by atoms with Gasteiger partial charge in [-0.05, 0) is 49.5 Å². The van der Waals surface area contributed by atoms with Crippen LogP contribution in [0.25, 0.3) is 0 Å². The Morgan fingerprint density at radius 3 is 2.38 bits per heavy atom. The van der Waals surface area contributed by atoms with Gasteiger partial charge in [0.25, 0.3) is 0 Å². The highest BCUT2D eigenvalue weighted by Crippen LogP contribution is 2.30. The van der Waals surface area contributed by atoms with Gasteiger partial charge in [0.1, 0.15) is 5.78 Å². The van der Waals surface area contributed by atoms with E-state index in [0.29, 0.717) is 18.0 Å². The van der Waals surface area contributed by atoms with E-state index in [1.807, 2.05) is 0 Å². The van der Waals surface area contributed by atoms with Crippen molar-refractivity contribution in [1.82, 2.24) is 4.90 Å². The summed E-state index contributed by atoms with van der Waals surface area (Å²) < 4.78 is 54.7. The number of hydrogen-bond acceptors (Lipinski definition) is 3. The van der Waals surface area contributed by atoms with Gasteiger partial charge in [-0.25, -0.2) is 4.39 Å². The van der Waals surface area contributed by atoms with Gasteiger partial charge in [-0.2, -0.15) is 0 Å². The molecule has 1 saturated heterocycles. The molecule has 1 heterocycles. The Bertz CT molecular complexity index is 622. The van der Waals surface area contributed by atoms with E-state index < -0.39 is 23.8 Å². The van der Waals surface area contributed by atoms with Crippen LogP contribution in [-0.4, -0.2) is 36.7 Å². The average Bonchev–Trinajstić information content (AvgIpc) is 2.54. The summed E-state index contributed by atoms with van der Waals surface area (Å²) in [4.78, 5) is 14.8. The number of ether oxygens (including phenoxy) is 1. The first-order valence-electron chi connectivity index (χ1n) is 8.88. The van der Waals surface area contributed by atoms with Gasteiger partial charge in [-0.1, -0.05) is 26.8 Å². The first-order valence-corrected chi connectivity index (χ1v) is 8.88. The van der Waals surface area contributed by atoms with Crippen molar-refractivity contribution in [2.75, 3.05) is 19.6 Å². The number of carbonyl (C=O) groups excluding carboxylic acids is 1. The zero-order valence-electron chi connectivity index (χ0n) is 15.3. The Labute approximate surface area is 151 Å². The number of hydrogen-bond donors (Lipinski definition) is 0. The van der Waals surface area contributed by atoms with E-state index in [9.17, 15) is 22.4 Å². The largest absolute Gasteiger partial charge is 0.573 e. The van der Waals surface area contributed by atoms with E-state index in [0.717, 1.165) is 38.1 Å². The van der Waals surface area contributed by atoms with Crippen LogP contribution in [0.4, 0.5) is 17.6 Å². The summed E-state index contributed by atoms with van der Waals surface area (Å²) in [6, 6.07) is 3.28. The third-order valence-corrected chi connectivity index (χ3v) is 4.81. The van der Waals surface area contributed by atoms with Crippen LogP contribution in [0, 0.1) is 17.7 Å². The lowest BCUT2D eigenvalue weighted by Crippen LogP contribution is -2.38. The summed E-state index contributed by atoms with van der Waals surface area (Å²) >= 11 is 0.